The Morgan fingerprint density at radius 3 is 2.65 bits per heavy atom. The molecule has 0 radical (unpaired) electrons. The summed E-state index contributed by atoms with van der Waals surface area (Å²) >= 11 is 0. The van der Waals surface area contributed by atoms with Crippen LogP contribution in [0.15, 0.2) is 47.1 Å². The van der Waals surface area contributed by atoms with Crippen LogP contribution in [-0.2, 0) is 21.5 Å². The standard InChI is InChI=1S/C18H16N4O4/c1-18(14-3-2-10-26-14)16(24)22(17(25)21-18)11-15(23)20-13-6-4-12(5-7-13)8-9-19/h2-7,10H,8,11H2,1H3,(H,20,23)(H,21,25)/t18-/m1/s1. The van der Waals surface area contributed by atoms with Gasteiger partial charge in [0, 0.05) is 5.69 Å². The predicted molar refractivity (Wildman–Crippen MR) is 90.7 cm³/mol. The van der Waals surface area contributed by atoms with Crippen molar-refractivity contribution in [3.8, 4) is 6.07 Å². The molecule has 8 heteroatoms. The topological polar surface area (TPSA) is 115 Å². The molecule has 1 aromatic carbocycles. The summed E-state index contributed by atoms with van der Waals surface area (Å²) in [5.74, 6) is -0.769. The Kier molecular flexibility index (Phi) is 4.45. The summed E-state index contributed by atoms with van der Waals surface area (Å²) in [7, 11) is 0. The van der Waals surface area contributed by atoms with Gasteiger partial charge in [-0.2, -0.15) is 5.26 Å². The zero-order valence-electron chi connectivity index (χ0n) is 14.0. The average Bonchev–Trinajstić information content (AvgIpc) is 3.22. The van der Waals surface area contributed by atoms with Crippen molar-refractivity contribution in [1.82, 2.24) is 10.2 Å². The number of hydrogen-bond acceptors (Lipinski definition) is 5. The minimum atomic E-state index is -1.33. The van der Waals surface area contributed by atoms with Crippen molar-refractivity contribution < 1.29 is 18.8 Å². The number of benzene rings is 1. The van der Waals surface area contributed by atoms with Crippen molar-refractivity contribution in [1.29, 1.82) is 5.26 Å². The Balaban J connectivity index is 1.67. The lowest BCUT2D eigenvalue weighted by atomic mass is 9.99. The van der Waals surface area contributed by atoms with E-state index in [0.29, 0.717) is 11.4 Å². The molecule has 0 spiro atoms. The first kappa shape index (κ1) is 17.2. The van der Waals surface area contributed by atoms with Crippen LogP contribution in [-0.4, -0.2) is 29.3 Å². The van der Waals surface area contributed by atoms with E-state index >= 15 is 0 Å². The van der Waals surface area contributed by atoms with Gasteiger partial charge >= 0.3 is 6.03 Å². The maximum absolute atomic E-state index is 12.6. The summed E-state index contributed by atoms with van der Waals surface area (Å²) in [5, 5.41) is 13.8. The average molecular weight is 352 g/mol. The van der Waals surface area contributed by atoms with Crippen LogP contribution in [0.4, 0.5) is 10.5 Å². The van der Waals surface area contributed by atoms with Crippen molar-refractivity contribution in [3.05, 3.63) is 54.0 Å². The normalized spacial score (nSPS) is 19.2. The lowest BCUT2D eigenvalue weighted by molar-refractivity contribution is -0.134. The first-order valence-electron chi connectivity index (χ1n) is 7.88. The Labute approximate surface area is 149 Å². The fourth-order valence-corrected chi connectivity index (χ4v) is 2.71. The van der Waals surface area contributed by atoms with Crippen LogP contribution in [0.5, 0.6) is 0 Å². The fourth-order valence-electron chi connectivity index (χ4n) is 2.71. The second kappa shape index (κ2) is 6.72. The quantitative estimate of drug-likeness (QED) is 0.796. The van der Waals surface area contributed by atoms with Crippen molar-refractivity contribution in [2.75, 3.05) is 11.9 Å². The van der Waals surface area contributed by atoms with Gasteiger partial charge in [-0.3, -0.25) is 14.5 Å². The van der Waals surface area contributed by atoms with Gasteiger partial charge in [-0.15, -0.1) is 0 Å². The molecule has 0 unspecified atom stereocenters. The van der Waals surface area contributed by atoms with Gasteiger partial charge in [0.05, 0.1) is 18.8 Å². The molecule has 1 saturated heterocycles. The predicted octanol–water partition coefficient (Wildman–Crippen LogP) is 1.75. The van der Waals surface area contributed by atoms with Gasteiger partial charge in [0.25, 0.3) is 5.91 Å². The highest BCUT2D eigenvalue weighted by molar-refractivity contribution is 6.10. The van der Waals surface area contributed by atoms with E-state index in [1.54, 1.807) is 36.4 Å². The molecule has 2 N–H and O–H groups in total. The number of amides is 4. The molecule has 0 bridgehead atoms. The van der Waals surface area contributed by atoms with E-state index in [1.165, 1.54) is 13.2 Å². The van der Waals surface area contributed by atoms with Gasteiger partial charge in [0.15, 0.2) is 5.54 Å². The molecule has 0 aliphatic carbocycles. The Morgan fingerprint density at radius 2 is 2.04 bits per heavy atom. The maximum Gasteiger partial charge on any atom is 0.325 e. The van der Waals surface area contributed by atoms with Crippen LogP contribution in [0.2, 0.25) is 0 Å². The first-order valence-corrected chi connectivity index (χ1v) is 7.88. The number of anilines is 1. The number of imide groups is 1. The molecule has 1 atom stereocenters. The van der Waals surface area contributed by atoms with E-state index in [0.717, 1.165) is 10.5 Å². The van der Waals surface area contributed by atoms with E-state index in [4.69, 9.17) is 9.68 Å². The molecule has 1 aromatic heterocycles. The molecular formula is C18H16N4O4. The molecule has 2 aromatic rings. The lowest BCUT2D eigenvalue weighted by Crippen LogP contribution is -2.41. The van der Waals surface area contributed by atoms with E-state index in [2.05, 4.69) is 10.6 Å². The van der Waals surface area contributed by atoms with Gasteiger partial charge in [-0.25, -0.2) is 4.79 Å². The number of carbonyl (C=O) groups is 3. The summed E-state index contributed by atoms with van der Waals surface area (Å²) in [4.78, 5) is 37.8. The third kappa shape index (κ3) is 3.15. The third-order valence-electron chi connectivity index (χ3n) is 4.11. The molecule has 1 fully saturated rings. The molecule has 2 heterocycles. The van der Waals surface area contributed by atoms with Crippen molar-refractivity contribution in [2.24, 2.45) is 0 Å². The minimum absolute atomic E-state index is 0.280. The van der Waals surface area contributed by atoms with Crippen LogP contribution in [0.25, 0.3) is 0 Å². The SMILES string of the molecule is C[C@]1(c2ccco2)NC(=O)N(CC(=O)Nc2ccc(CC#N)cc2)C1=O. The minimum Gasteiger partial charge on any atom is -0.466 e. The van der Waals surface area contributed by atoms with Gasteiger partial charge in [-0.1, -0.05) is 12.1 Å². The van der Waals surface area contributed by atoms with Crippen LogP contribution < -0.4 is 10.6 Å². The van der Waals surface area contributed by atoms with Gasteiger partial charge in [0.1, 0.15) is 12.3 Å². The van der Waals surface area contributed by atoms with Crippen LogP contribution in [0.3, 0.4) is 0 Å². The molecule has 4 amide bonds. The zero-order valence-corrected chi connectivity index (χ0v) is 14.0. The fraction of sp³-hybridized carbons (Fsp3) is 0.222. The number of urea groups is 1. The number of hydrogen-bond donors (Lipinski definition) is 2. The Morgan fingerprint density at radius 1 is 1.31 bits per heavy atom. The third-order valence-corrected chi connectivity index (χ3v) is 4.11. The summed E-state index contributed by atoms with van der Waals surface area (Å²) in [6.45, 7) is 1.11. The number of nitriles is 1. The Bertz CT molecular complexity index is 883. The van der Waals surface area contributed by atoms with Crippen LogP contribution >= 0.6 is 0 Å². The highest BCUT2D eigenvalue weighted by atomic mass is 16.3. The molecular weight excluding hydrogens is 336 g/mol. The Hall–Kier alpha value is -3.60. The summed E-state index contributed by atoms with van der Waals surface area (Å²) < 4.78 is 5.23. The van der Waals surface area contributed by atoms with Gasteiger partial charge in [-0.05, 0) is 36.8 Å². The monoisotopic (exact) mass is 352 g/mol. The molecule has 26 heavy (non-hydrogen) atoms. The zero-order chi connectivity index (χ0) is 18.7. The number of carbonyl (C=O) groups excluding carboxylic acids is 3. The molecule has 8 nitrogen and oxygen atoms in total. The van der Waals surface area contributed by atoms with E-state index in [-0.39, 0.29) is 6.42 Å². The number of nitrogens with zero attached hydrogens (tertiary/aromatic N) is 2. The van der Waals surface area contributed by atoms with Crippen molar-refractivity contribution in [2.45, 2.75) is 18.9 Å². The van der Waals surface area contributed by atoms with Gasteiger partial charge in [0.2, 0.25) is 5.91 Å². The summed E-state index contributed by atoms with van der Waals surface area (Å²) in [5.41, 5.74) is 0.00569. The molecule has 3 rings (SSSR count). The smallest absolute Gasteiger partial charge is 0.325 e. The van der Waals surface area contributed by atoms with E-state index in [1.807, 2.05) is 6.07 Å². The summed E-state index contributed by atoms with van der Waals surface area (Å²) in [6.07, 6.45) is 1.69. The molecule has 1 aliphatic heterocycles. The van der Waals surface area contributed by atoms with E-state index in [9.17, 15) is 14.4 Å². The van der Waals surface area contributed by atoms with Crippen molar-refractivity contribution in [3.63, 3.8) is 0 Å². The maximum atomic E-state index is 12.6. The second-order valence-electron chi connectivity index (χ2n) is 6.00. The molecule has 1 aliphatic rings. The van der Waals surface area contributed by atoms with Gasteiger partial charge < -0.3 is 15.1 Å². The highest BCUT2D eigenvalue weighted by Crippen LogP contribution is 2.28. The number of nitrogens with one attached hydrogen (secondary N) is 2. The highest BCUT2D eigenvalue weighted by Gasteiger charge is 2.51. The van der Waals surface area contributed by atoms with Crippen molar-refractivity contribution >= 4 is 23.5 Å². The largest absolute Gasteiger partial charge is 0.466 e. The molecule has 132 valence electrons. The van der Waals surface area contributed by atoms with Crippen LogP contribution in [0, 0.1) is 11.3 Å². The summed E-state index contributed by atoms with van der Waals surface area (Å²) in [6, 6.07) is 11.3. The number of rotatable bonds is 5. The van der Waals surface area contributed by atoms with Crippen LogP contribution in [0.1, 0.15) is 18.2 Å². The lowest BCUT2D eigenvalue weighted by Gasteiger charge is -2.18. The second-order valence-corrected chi connectivity index (χ2v) is 6.00. The molecule has 0 saturated carbocycles. The first-order chi connectivity index (χ1) is 12.4. The van der Waals surface area contributed by atoms with E-state index < -0.39 is 29.9 Å². The number of furan rings is 1.